The van der Waals surface area contributed by atoms with E-state index in [0.29, 0.717) is 0 Å². The van der Waals surface area contributed by atoms with Crippen LogP contribution in [0.5, 0.6) is 5.75 Å². The van der Waals surface area contributed by atoms with E-state index in [1.54, 1.807) is 13.1 Å². The topological polar surface area (TPSA) is 62.9 Å². The summed E-state index contributed by atoms with van der Waals surface area (Å²) >= 11 is 0. The highest BCUT2D eigenvalue weighted by Gasteiger charge is 2.01. The van der Waals surface area contributed by atoms with Gasteiger partial charge in [0.25, 0.3) is 0 Å². The fourth-order valence-corrected chi connectivity index (χ4v) is 1.78. The van der Waals surface area contributed by atoms with Crippen molar-refractivity contribution in [2.24, 2.45) is 0 Å². The Kier molecular flexibility index (Phi) is 5.15. The van der Waals surface area contributed by atoms with E-state index in [4.69, 9.17) is 10.00 Å². The van der Waals surface area contributed by atoms with Crippen LogP contribution in [0, 0.1) is 11.3 Å². The highest BCUT2D eigenvalue weighted by molar-refractivity contribution is 5.27. The molecule has 1 unspecified atom stereocenters. The molecule has 20 heavy (non-hydrogen) atoms. The predicted octanol–water partition coefficient (Wildman–Crippen LogP) is 1.96. The zero-order valence-electron chi connectivity index (χ0n) is 11.5. The summed E-state index contributed by atoms with van der Waals surface area (Å²) in [4.78, 5) is 0. The molecular weight excluding hydrogens is 252 g/mol. The number of nitriles is 1. The third-order valence-electron chi connectivity index (χ3n) is 2.82. The van der Waals surface area contributed by atoms with Crippen LogP contribution >= 0.6 is 0 Å². The van der Waals surface area contributed by atoms with Gasteiger partial charge < -0.3 is 10.1 Å². The standard InChI is InChI=1S/C15H18N4O/c1-13(11-16)20-15-5-3-14(4-6-15)12-17-8-10-19-9-2-7-18-19/h2-7,9,13,17H,8,10,12H2,1H3. The maximum atomic E-state index is 8.68. The Morgan fingerprint density at radius 2 is 2.20 bits per heavy atom. The molecule has 0 aliphatic heterocycles. The quantitative estimate of drug-likeness (QED) is 0.781. The average molecular weight is 270 g/mol. The predicted molar refractivity (Wildman–Crippen MR) is 76.1 cm³/mol. The van der Waals surface area contributed by atoms with E-state index in [9.17, 15) is 0 Å². The van der Waals surface area contributed by atoms with Crippen molar-refractivity contribution in [3.8, 4) is 11.8 Å². The average Bonchev–Trinajstić information content (AvgIpc) is 2.98. The molecule has 5 heteroatoms. The van der Waals surface area contributed by atoms with Crippen LogP contribution in [0.25, 0.3) is 0 Å². The SMILES string of the molecule is CC(C#N)Oc1ccc(CNCCn2cccn2)cc1. The van der Waals surface area contributed by atoms with E-state index >= 15 is 0 Å². The van der Waals surface area contributed by atoms with Gasteiger partial charge in [0.15, 0.2) is 6.10 Å². The molecular formula is C15H18N4O. The summed E-state index contributed by atoms with van der Waals surface area (Å²) in [6.07, 6.45) is 3.30. The second-order valence-corrected chi connectivity index (χ2v) is 4.48. The van der Waals surface area contributed by atoms with E-state index in [1.165, 1.54) is 5.56 Å². The molecule has 2 aromatic rings. The summed E-state index contributed by atoms with van der Waals surface area (Å²) in [5, 5.41) is 16.2. The highest BCUT2D eigenvalue weighted by atomic mass is 16.5. The molecule has 1 aromatic heterocycles. The molecule has 1 aromatic carbocycles. The molecule has 0 fully saturated rings. The molecule has 0 saturated carbocycles. The van der Waals surface area contributed by atoms with Gasteiger partial charge in [0.05, 0.1) is 6.54 Å². The maximum Gasteiger partial charge on any atom is 0.181 e. The van der Waals surface area contributed by atoms with Crippen LogP contribution in [0.1, 0.15) is 12.5 Å². The second-order valence-electron chi connectivity index (χ2n) is 4.48. The number of nitrogens with zero attached hydrogens (tertiary/aromatic N) is 3. The first kappa shape index (κ1) is 14.1. The minimum Gasteiger partial charge on any atom is -0.476 e. The van der Waals surface area contributed by atoms with Crippen molar-refractivity contribution in [1.82, 2.24) is 15.1 Å². The number of rotatable bonds is 7. The van der Waals surface area contributed by atoms with Crippen LogP contribution in [-0.4, -0.2) is 22.4 Å². The molecule has 104 valence electrons. The first-order valence-electron chi connectivity index (χ1n) is 6.61. The van der Waals surface area contributed by atoms with E-state index in [-0.39, 0.29) is 0 Å². The summed E-state index contributed by atoms with van der Waals surface area (Å²) in [6, 6.07) is 11.7. The molecule has 2 rings (SSSR count). The van der Waals surface area contributed by atoms with Crippen molar-refractivity contribution in [1.29, 1.82) is 5.26 Å². The van der Waals surface area contributed by atoms with Gasteiger partial charge in [-0.3, -0.25) is 4.68 Å². The first-order chi connectivity index (χ1) is 9.78. The van der Waals surface area contributed by atoms with Gasteiger partial charge >= 0.3 is 0 Å². The molecule has 1 atom stereocenters. The summed E-state index contributed by atoms with van der Waals surface area (Å²) in [5.74, 6) is 0.722. The van der Waals surface area contributed by atoms with Crippen molar-refractivity contribution >= 4 is 0 Å². The van der Waals surface area contributed by atoms with Crippen LogP contribution in [-0.2, 0) is 13.1 Å². The highest BCUT2D eigenvalue weighted by Crippen LogP contribution is 2.13. The summed E-state index contributed by atoms with van der Waals surface area (Å²) in [6.45, 7) is 4.25. The van der Waals surface area contributed by atoms with Gasteiger partial charge in [0.2, 0.25) is 0 Å². The number of ether oxygens (including phenoxy) is 1. The van der Waals surface area contributed by atoms with Gasteiger partial charge in [-0.05, 0) is 30.7 Å². The lowest BCUT2D eigenvalue weighted by Gasteiger charge is -2.09. The van der Waals surface area contributed by atoms with Gasteiger partial charge in [0.1, 0.15) is 11.8 Å². The smallest absolute Gasteiger partial charge is 0.181 e. The lowest BCUT2D eigenvalue weighted by Crippen LogP contribution is -2.19. The van der Waals surface area contributed by atoms with Crippen molar-refractivity contribution in [3.05, 3.63) is 48.3 Å². The lowest BCUT2D eigenvalue weighted by molar-refractivity contribution is 0.276. The zero-order valence-corrected chi connectivity index (χ0v) is 11.5. The fraction of sp³-hybridized carbons (Fsp3) is 0.333. The van der Waals surface area contributed by atoms with E-state index in [0.717, 1.165) is 25.4 Å². The number of hydrogen-bond acceptors (Lipinski definition) is 4. The third kappa shape index (κ3) is 4.41. The second kappa shape index (κ2) is 7.31. The monoisotopic (exact) mass is 270 g/mol. The zero-order chi connectivity index (χ0) is 14.2. The molecule has 0 aliphatic carbocycles. The molecule has 5 nitrogen and oxygen atoms in total. The number of hydrogen-bond donors (Lipinski definition) is 1. The lowest BCUT2D eigenvalue weighted by atomic mass is 10.2. The number of nitrogens with one attached hydrogen (secondary N) is 1. The first-order valence-corrected chi connectivity index (χ1v) is 6.61. The molecule has 1 N–H and O–H groups in total. The number of aromatic nitrogens is 2. The van der Waals surface area contributed by atoms with Crippen LogP contribution < -0.4 is 10.1 Å². The van der Waals surface area contributed by atoms with Crippen molar-refractivity contribution in [2.75, 3.05) is 6.54 Å². The minimum atomic E-state index is -0.423. The van der Waals surface area contributed by atoms with Gasteiger partial charge in [-0.25, -0.2) is 0 Å². The Labute approximate surface area is 118 Å². The van der Waals surface area contributed by atoms with Crippen LogP contribution in [0.2, 0.25) is 0 Å². The van der Waals surface area contributed by atoms with Gasteiger partial charge in [0, 0.05) is 25.5 Å². The molecule has 1 heterocycles. The fourth-order valence-electron chi connectivity index (χ4n) is 1.78. The van der Waals surface area contributed by atoms with E-state index in [1.807, 2.05) is 47.3 Å². The largest absolute Gasteiger partial charge is 0.476 e. The van der Waals surface area contributed by atoms with Crippen LogP contribution in [0.15, 0.2) is 42.7 Å². The van der Waals surface area contributed by atoms with Crippen molar-refractivity contribution in [3.63, 3.8) is 0 Å². The van der Waals surface area contributed by atoms with Gasteiger partial charge in [-0.15, -0.1) is 0 Å². The Balaban J connectivity index is 1.72. The molecule has 0 aliphatic rings. The molecule has 0 bridgehead atoms. The Morgan fingerprint density at radius 3 is 2.85 bits per heavy atom. The normalized spacial score (nSPS) is 11.8. The van der Waals surface area contributed by atoms with Gasteiger partial charge in [-0.1, -0.05) is 12.1 Å². The molecule has 0 spiro atoms. The molecule has 0 amide bonds. The van der Waals surface area contributed by atoms with E-state index in [2.05, 4.69) is 10.4 Å². The van der Waals surface area contributed by atoms with Crippen LogP contribution in [0.4, 0.5) is 0 Å². The molecule has 0 radical (unpaired) electrons. The van der Waals surface area contributed by atoms with Crippen molar-refractivity contribution in [2.45, 2.75) is 26.1 Å². The number of benzene rings is 1. The van der Waals surface area contributed by atoms with Crippen molar-refractivity contribution < 1.29 is 4.74 Å². The van der Waals surface area contributed by atoms with Crippen LogP contribution in [0.3, 0.4) is 0 Å². The van der Waals surface area contributed by atoms with E-state index < -0.39 is 6.10 Å². The Bertz CT molecular complexity index is 542. The summed E-state index contributed by atoms with van der Waals surface area (Å²) in [5.41, 5.74) is 1.18. The maximum absolute atomic E-state index is 8.68. The Hall–Kier alpha value is -2.32. The minimum absolute atomic E-state index is 0.423. The summed E-state index contributed by atoms with van der Waals surface area (Å²) < 4.78 is 7.30. The summed E-state index contributed by atoms with van der Waals surface area (Å²) in [7, 11) is 0. The third-order valence-corrected chi connectivity index (χ3v) is 2.82. The Morgan fingerprint density at radius 1 is 1.40 bits per heavy atom. The molecule has 0 saturated heterocycles. The van der Waals surface area contributed by atoms with Gasteiger partial charge in [-0.2, -0.15) is 10.4 Å².